The zero-order chi connectivity index (χ0) is 18.7. The van der Waals surface area contributed by atoms with Crippen molar-refractivity contribution < 1.29 is 23.4 Å². The van der Waals surface area contributed by atoms with Crippen molar-refractivity contribution >= 4 is 26.8 Å². The smallest absolute Gasteiger partial charge is 0.334 e. The molecule has 0 saturated carbocycles. The van der Waals surface area contributed by atoms with E-state index < -0.39 is 28.1 Å². The number of sulfonamides is 1. The van der Waals surface area contributed by atoms with Crippen molar-refractivity contribution in [1.29, 1.82) is 0 Å². The molecule has 0 heterocycles. The van der Waals surface area contributed by atoms with Crippen LogP contribution in [0, 0.1) is 0 Å². The molecule has 2 atom stereocenters. The molecule has 0 fully saturated rings. The number of fused-ring (bicyclic) bond motifs is 1. The molecule has 0 aromatic heterocycles. The van der Waals surface area contributed by atoms with Gasteiger partial charge in [-0.1, -0.05) is 60.7 Å². The number of aliphatic hydroxyl groups excluding tert-OH is 1. The van der Waals surface area contributed by atoms with Crippen molar-refractivity contribution in [2.75, 3.05) is 0 Å². The number of aliphatic hydroxyl groups is 1. The summed E-state index contributed by atoms with van der Waals surface area (Å²) in [6.07, 6.45) is -1.92. The van der Waals surface area contributed by atoms with E-state index in [4.69, 9.17) is 5.11 Å². The van der Waals surface area contributed by atoms with E-state index in [9.17, 15) is 18.3 Å². The molecule has 134 valence electrons. The number of benzene rings is 3. The first-order valence-electron chi connectivity index (χ1n) is 7.85. The van der Waals surface area contributed by atoms with Crippen LogP contribution in [0.2, 0.25) is 0 Å². The molecule has 0 aliphatic rings. The molecule has 0 aliphatic carbocycles. The number of hydrogen-bond donors (Lipinski definition) is 3. The third-order valence-corrected chi connectivity index (χ3v) is 5.48. The van der Waals surface area contributed by atoms with Crippen molar-refractivity contribution in [2.24, 2.45) is 0 Å². The van der Waals surface area contributed by atoms with Gasteiger partial charge in [-0.3, -0.25) is 0 Å². The first-order chi connectivity index (χ1) is 12.4. The molecule has 3 aromatic rings. The maximum absolute atomic E-state index is 12.8. The zero-order valence-corrected chi connectivity index (χ0v) is 14.4. The summed E-state index contributed by atoms with van der Waals surface area (Å²) in [7, 11) is -4.05. The molecular formula is C19H17NO5S. The lowest BCUT2D eigenvalue weighted by molar-refractivity contribution is -0.148. The molecule has 3 rings (SSSR count). The molecule has 0 aliphatic heterocycles. The minimum atomic E-state index is -4.05. The highest BCUT2D eigenvalue weighted by Crippen LogP contribution is 2.23. The first-order valence-corrected chi connectivity index (χ1v) is 9.34. The van der Waals surface area contributed by atoms with Crippen molar-refractivity contribution in [2.45, 2.75) is 17.0 Å². The molecule has 0 amide bonds. The molecule has 6 nitrogen and oxygen atoms in total. The molecule has 0 saturated heterocycles. The van der Waals surface area contributed by atoms with E-state index in [1.165, 1.54) is 12.1 Å². The van der Waals surface area contributed by atoms with Gasteiger partial charge in [0.05, 0.1) is 10.9 Å². The number of aliphatic carboxylic acids is 1. The summed E-state index contributed by atoms with van der Waals surface area (Å²) >= 11 is 0. The van der Waals surface area contributed by atoms with Crippen LogP contribution < -0.4 is 4.72 Å². The van der Waals surface area contributed by atoms with Gasteiger partial charge in [-0.25, -0.2) is 17.9 Å². The number of rotatable bonds is 6. The predicted molar refractivity (Wildman–Crippen MR) is 97.1 cm³/mol. The summed E-state index contributed by atoms with van der Waals surface area (Å²) in [6, 6.07) is 18.7. The Balaban J connectivity index is 1.99. The summed E-state index contributed by atoms with van der Waals surface area (Å²) in [4.78, 5) is 11.2. The number of carboxylic acids is 1. The van der Waals surface area contributed by atoms with Crippen LogP contribution in [0.15, 0.2) is 77.7 Å². The highest BCUT2D eigenvalue weighted by Gasteiger charge is 2.31. The van der Waals surface area contributed by atoms with Gasteiger partial charge in [-0.05, 0) is 28.5 Å². The lowest BCUT2D eigenvalue weighted by Crippen LogP contribution is -2.40. The van der Waals surface area contributed by atoms with Gasteiger partial charge in [-0.15, -0.1) is 0 Å². The third kappa shape index (κ3) is 3.75. The molecule has 0 spiro atoms. The van der Waals surface area contributed by atoms with Crippen LogP contribution in [-0.2, 0) is 14.8 Å². The molecule has 7 heteroatoms. The Morgan fingerprint density at radius 2 is 1.50 bits per heavy atom. The lowest BCUT2D eigenvalue weighted by Gasteiger charge is -2.22. The first kappa shape index (κ1) is 18.1. The Bertz CT molecular complexity index is 1030. The van der Waals surface area contributed by atoms with Gasteiger partial charge < -0.3 is 10.2 Å². The number of nitrogens with one attached hydrogen (secondary N) is 1. The Labute approximate surface area is 150 Å². The minimum absolute atomic E-state index is 0.00489. The van der Waals surface area contributed by atoms with Crippen LogP contribution in [-0.4, -0.2) is 30.7 Å². The van der Waals surface area contributed by atoms with E-state index in [0.717, 1.165) is 10.8 Å². The van der Waals surface area contributed by atoms with Gasteiger partial charge >= 0.3 is 5.97 Å². The van der Waals surface area contributed by atoms with Crippen molar-refractivity contribution in [3.05, 3.63) is 78.4 Å². The fourth-order valence-corrected chi connectivity index (χ4v) is 3.95. The Kier molecular flexibility index (Phi) is 5.03. The van der Waals surface area contributed by atoms with Crippen LogP contribution in [0.1, 0.15) is 11.6 Å². The SMILES string of the molecule is O=C(O)C(O)C(NS(=O)(=O)c1ccc2ccccc2c1)c1ccccc1. The zero-order valence-electron chi connectivity index (χ0n) is 13.6. The molecule has 0 radical (unpaired) electrons. The van der Waals surface area contributed by atoms with Crippen LogP contribution >= 0.6 is 0 Å². The van der Waals surface area contributed by atoms with Gasteiger partial charge in [0.15, 0.2) is 6.10 Å². The highest BCUT2D eigenvalue weighted by molar-refractivity contribution is 7.89. The quantitative estimate of drug-likeness (QED) is 0.617. The van der Waals surface area contributed by atoms with Crippen molar-refractivity contribution in [3.8, 4) is 0 Å². The summed E-state index contributed by atoms with van der Waals surface area (Å²) in [5, 5.41) is 20.8. The molecule has 3 N–H and O–H groups in total. The van der Waals surface area contributed by atoms with Crippen LogP contribution in [0.3, 0.4) is 0 Å². The van der Waals surface area contributed by atoms with E-state index >= 15 is 0 Å². The van der Waals surface area contributed by atoms with Gasteiger partial charge in [0.25, 0.3) is 0 Å². The van der Waals surface area contributed by atoms with E-state index in [1.807, 2.05) is 12.1 Å². The maximum Gasteiger partial charge on any atom is 0.334 e. The van der Waals surface area contributed by atoms with Crippen LogP contribution in [0.4, 0.5) is 0 Å². The largest absolute Gasteiger partial charge is 0.479 e. The van der Waals surface area contributed by atoms with Gasteiger partial charge in [0.1, 0.15) is 0 Å². The number of carboxylic acid groups (broad SMARTS) is 1. The summed E-state index contributed by atoms with van der Waals surface area (Å²) in [5.74, 6) is -1.51. The average Bonchev–Trinajstić information content (AvgIpc) is 2.65. The second-order valence-electron chi connectivity index (χ2n) is 5.80. The Hall–Kier alpha value is -2.74. The second kappa shape index (κ2) is 7.25. The van der Waals surface area contributed by atoms with Crippen molar-refractivity contribution in [3.63, 3.8) is 0 Å². The number of carbonyl (C=O) groups is 1. The topological polar surface area (TPSA) is 104 Å². The fraction of sp³-hybridized carbons (Fsp3) is 0.105. The van der Waals surface area contributed by atoms with E-state index in [0.29, 0.717) is 5.56 Å². The summed E-state index contributed by atoms with van der Waals surface area (Å²) < 4.78 is 27.9. The number of hydrogen-bond acceptors (Lipinski definition) is 4. The van der Waals surface area contributed by atoms with Crippen LogP contribution in [0.25, 0.3) is 10.8 Å². The Morgan fingerprint density at radius 1 is 0.885 bits per heavy atom. The predicted octanol–water partition coefficient (Wildman–Crippen LogP) is 2.30. The average molecular weight is 371 g/mol. The van der Waals surface area contributed by atoms with E-state index in [2.05, 4.69) is 4.72 Å². The molecule has 2 unspecified atom stereocenters. The van der Waals surface area contributed by atoms with E-state index in [-0.39, 0.29) is 4.90 Å². The fourth-order valence-electron chi connectivity index (χ4n) is 2.69. The minimum Gasteiger partial charge on any atom is -0.479 e. The lowest BCUT2D eigenvalue weighted by atomic mass is 10.0. The Morgan fingerprint density at radius 3 is 2.15 bits per heavy atom. The second-order valence-corrected chi connectivity index (χ2v) is 7.52. The van der Waals surface area contributed by atoms with Gasteiger partial charge in [-0.2, -0.15) is 0 Å². The standard InChI is InChI=1S/C19H17NO5S/c21-18(19(22)23)17(14-7-2-1-3-8-14)20-26(24,25)16-11-10-13-6-4-5-9-15(13)12-16/h1-12,17-18,20-21H,(H,22,23). The summed E-state index contributed by atoms with van der Waals surface area (Å²) in [6.45, 7) is 0. The molecule has 26 heavy (non-hydrogen) atoms. The molecule has 0 bridgehead atoms. The third-order valence-electron chi connectivity index (χ3n) is 4.04. The van der Waals surface area contributed by atoms with Gasteiger partial charge in [0.2, 0.25) is 10.0 Å². The normalized spacial score (nSPS) is 14.0. The summed E-state index contributed by atoms with van der Waals surface area (Å²) in [5.41, 5.74) is 0.353. The van der Waals surface area contributed by atoms with Crippen molar-refractivity contribution in [1.82, 2.24) is 4.72 Å². The highest BCUT2D eigenvalue weighted by atomic mass is 32.2. The van der Waals surface area contributed by atoms with Gasteiger partial charge in [0, 0.05) is 0 Å². The molecule has 3 aromatic carbocycles. The van der Waals surface area contributed by atoms with Crippen LogP contribution in [0.5, 0.6) is 0 Å². The molecular weight excluding hydrogens is 354 g/mol. The van der Waals surface area contributed by atoms with E-state index in [1.54, 1.807) is 48.5 Å². The monoisotopic (exact) mass is 371 g/mol. The maximum atomic E-state index is 12.8.